The number of piperazine rings is 1. The highest BCUT2D eigenvalue weighted by molar-refractivity contribution is 5.50. The van der Waals surface area contributed by atoms with E-state index < -0.39 is 0 Å². The highest BCUT2D eigenvalue weighted by atomic mass is 16.5. The lowest BCUT2D eigenvalue weighted by Gasteiger charge is -2.37. The van der Waals surface area contributed by atoms with Crippen LogP contribution < -0.4 is 9.80 Å². The van der Waals surface area contributed by atoms with Gasteiger partial charge in [0.15, 0.2) is 5.82 Å². The van der Waals surface area contributed by atoms with Crippen molar-refractivity contribution >= 4 is 11.6 Å². The Morgan fingerprint density at radius 3 is 2.19 bits per heavy atom. The highest BCUT2D eigenvalue weighted by Gasteiger charge is 2.26. The Kier molecular flexibility index (Phi) is 5.01. The van der Waals surface area contributed by atoms with E-state index in [1.54, 1.807) is 6.33 Å². The summed E-state index contributed by atoms with van der Waals surface area (Å²) in [7, 11) is 0. The van der Waals surface area contributed by atoms with Gasteiger partial charge < -0.3 is 14.3 Å². The second kappa shape index (κ2) is 7.57. The summed E-state index contributed by atoms with van der Waals surface area (Å²) < 4.78 is 5.33. The van der Waals surface area contributed by atoms with Gasteiger partial charge in [-0.05, 0) is 33.1 Å². The van der Waals surface area contributed by atoms with Crippen LogP contribution in [0, 0.1) is 6.92 Å². The summed E-state index contributed by atoms with van der Waals surface area (Å²) in [5, 5.41) is 3.90. The average molecular weight is 357 g/mol. The maximum atomic E-state index is 5.33. The number of piperidine rings is 1. The van der Waals surface area contributed by atoms with Crippen molar-refractivity contribution < 1.29 is 4.52 Å². The molecule has 2 aromatic heterocycles. The van der Waals surface area contributed by atoms with Crippen LogP contribution in [0.15, 0.2) is 16.9 Å². The minimum Gasteiger partial charge on any atom is -0.356 e. The first-order chi connectivity index (χ1) is 12.7. The molecular formula is C18H27N7O. The second-order valence-electron chi connectivity index (χ2n) is 7.16. The second-order valence-corrected chi connectivity index (χ2v) is 7.16. The van der Waals surface area contributed by atoms with Crippen LogP contribution in [0.5, 0.6) is 0 Å². The summed E-state index contributed by atoms with van der Waals surface area (Å²) in [6.07, 6.45) is 5.54. The van der Waals surface area contributed by atoms with Crippen molar-refractivity contribution in [1.82, 2.24) is 25.0 Å². The highest BCUT2D eigenvalue weighted by Crippen LogP contribution is 2.24. The Morgan fingerprint density at radius 1 is 0.923 bits per heavy atom. The van der Waals surface area contributed by atoms with Crippen LogP contribution in [0.2, 0.25) is 0 Å². The zero-order valence-electron chi connectivity index (χ0n) is 15.6. The zero-order chi connectivity index (χ0) is 17.9. The van der Waals surface area contributed by atoms with Gasteiger partial charge in [-0.2, -0.15) is 4.98 Å². The smallest absolute Gasteiger partial charge is 0.243 e. The van der Waals surface area contributed by atoms with E-state index in [2.05, 4.69) is 47.8 Å². The molecule has 0 aromatic carbocycles. The van der Waals surface area contributed by atoms with Crippen LogP contribution in [0.25, 0.3) is 0 Å². The molecule has 4 heterocycles. The van der Waals surface area contributed by atoms with Crippen molar-refractivity contribution in [2.75, 3.05) is 49.1 Å². The summed E-state index contributed by atoms with van der Waals surface area (Å²) in [4.78, 5) is 20.5. The Balaban J connectivity index is 1.38. The predicted molar refractivity (Wildman–Crippen MR) is 99.3 cm³/mol. The van der Waals surface area contributed by atoms with Gasteiger partial charge in [-0.25, -0.2) is 9.97 Å². The maximum absolute atomic E-state index is 5.33. The number of hydrogen-bond donors (Lipinski definition) is 0. The molecule has 0 aliphatic carbocycles. The third kappa shape index (κ3) is 3.65. The van der Waals surface area contributed by atoms with Gasteiger partial charge in [0.25, 0.3) is 0 Å². The van der Waals surface area contributed by atoms with Crippen LogP contribution >= 0.6 is 0 Å². The van der Waals surface area contributed by atoms with Crippen LogP contribution in [0.1, 0.15) is 43.9 Å². The summed E-state index contributed by atoms with van der Waals surface area (Å²) in [5.41, 5.74) is 0. The first kappa shape index (κ1) is 17.2. The van der Waals surface area contributed by atoms with E-state index >= 15 is 0 Å². The van der Waals surface area contributed by atoms with Crippen molar-refractivity contribution in [2.24, 2.45) is 0 Å². The van der Waals surface area contributed by atoms with Crippen LogP contribution in [0.3, 0.4) is 0 Å². The largest absolute Gasteiger partial charge is 0.356 e. The summed E-state index contributed by atoms with van der Waals surface area (Å²) in [6.45, 7) is 9.96. The Bertz CT molecular complexity index is 720. The minimum atomic E-state index is 0.146. The van der Waals surface area contributed by atoms with Gasteiger partial charge in [0, 0.05) is 45.3 Å². The quantitative estimate of drug-likeness (QED) is 0.823. The fourth-order valence-corrected chi connectivity index (χ4v) is 3.78. The number of rotatable bonds is 4. The molecule has 8 nitrogen and oxygen atoms in total. The van der Waals surface area contributed by atoms with Crippen LogP contribution in [-0.2, 0) is 0 Å². The molecule has 2 fully saturated rings. The monoisotopic (exact) mass is 357 g/mol. The van der Waals surface area contributed by atoms with E-state index in [4.69, 9.17) is 4.52 Å². The normalized spacial score (nSPS) is 20.4. The molecule has 0 saturated carbocycles. The lowest BCUT2D eigenvalue weighted by molar-refractivity contribution is 0.164. The molecule has 1 unspecified atom stereocenters. The zero-order valence-corrected chi connectivity index (χ0v) is 15.6. The molecule has 8 heteroatoms. The molecule has 2 aromatic rings. The molecule has 140 valence electrons. The fourth-order valence-electron chi connectivity index (χ4n) is 3.78. The van der Waals surface area contributed by atoms with Gasteiger partial charge >= 0.3 is 0 Å². The molecule has 0 spiro atoms. The van der Waals surface area contributed by atoms with Crippen molar-refractivity contribution in [3.63, 3.8) is 0 Å². The number of hydrogen-bond acceptors (Lipinski definition) is 8. The summed E-state index contributed by atoms with van der Waals surface area (Å²) >= 11 is 0. The Hall–Kier alpha value is -2.22. The lowest BCUT2D eigenvalue weighted by Crippen LogP contribution is -2.47. The molecule has 0 N–H and O–H groups in total. The molecular weight excluding hydrogens is 330 g/mol. The Morgan fingerprint density at radius 2 is 1.58 bits per heavy atom. The van der Waals surface area contributed by atoms with Gasteiger partial charge in [-0.1, -0.05) is 5.16 Å². The third-order valence-corrected chi connectivity index (χ3v) is 5.40. The van der Waals surface area contributed by atoms with Gasteiger partial charge in [-0.15, -0.1) is 0 Å². The average Bonchev–Trinajstić information content (AvgIpc) is 3.15. The van der Waals surface area contributed by atoms with Gasteiger partial charge in [0.2, 0.25) is 5.89 Å². The number of aromatic nitrogens is 4. The molecule has 26 heavy (non-hydrogen) atoms. The Labute approximate surface area is 154 Å². The first-order valence-electron chi connectivity index (χ1n) is 9.57. The molecule has 2 aliphatic rings. The SMILES string of the molecule is Cc1noc(C(C)N2CCN(c3cc(N4CCCCC4)ncn3)CC2)n1. The van der Waals surface area contributed by atoms with Crippen molar-refractivity contribution in [2.45, 2.75) is 39.2 Å². The molecule has 0 amide bonds. The fraction of sp³-hybridized carbons (Fsp3) is 0.667. The number of nitrogens with zero attached hydrogens (tertiary/aromatic N) is 7. The summed E-state index contributed by atoms with van der Waals surface area (Å²) in [5.74, 6) is 3.48. The maximum Gasteiger partial charge on any atom is 0.243 e. The molecule has 2 saturated heterocycles. The van der Waals surface area contributed by atoms with E-state index in [1.165, 1.54) is 19.3 Å². The van der Waals surface area contributed by atoms with E-state index in [-0.39, 0.29) is 6.04 Å². The molecule has 0 radical (unpaired) electrons. The molecule has 4 rings (SSSR count). The van der Waals surface area contributed by atoms with E-state index in [0.29, 0.717) is 11.7 Å². The predicted octanol–water partition coefficient (Wildman–Crippen LogP) is 2.04. The first-order valence-corrected chi connectivity index (χ1v) is 9.57. The topological polar surface area (TPSA) is 74.4 Å². The third-order valence-electron chi connectivity index (χ3n) is 5.40. The molecule has 1 atom stereocenters. The lowest BCUT2D eigenvalue weighted by atomic mass is 10.1. The van der Waals surface area contributed by atoms with Crippen molar-refractivity contribution in [3.05, 3.63) is 24.1 Å². The van der Waals surface area contributed by atoms with E-state index in [0.717, 1.165) is 50.9 Å². The van der Waals surface area contributed by atoms with Crippen molar-refractivity contribution in [3.8, 4) is 0 Å². The number of anilines is 2. The molecule has 2 aliphatic heterocycles. The van der Waals surface area contributed by atoms with Gasteiger partial charge in [0.1, 0.15) is 18.0 Å². The molecule has 0 bridgehead atoms. The summed E-state index contributed by atoms with van der Waals surface area (Å²) in [6, 6.07) is 2.29. The van der Waals surface area contributed by atoms with E-state index in [1.807, 2.05) is 6.92 Å². The minimum absolute atomic E-state index is 0.146. The van der Waals surface area contributed by atoms with Gasteiger partial charge in [-0.3, -0.25) is 4.90 Å². The van der Waals surface area contributed by atoms with Crippen LogP contribution in [-0.4, -0.2) is 64.3 Å². The van der Waals surface area contributed by atoms with E-state index in [9.17, 15) is 0 Å². The number of aryl methyl sites for hydroxylation is 1. The van der Waals surface area contributed by atoms with Crippen LogP contribution in [0.4, 0.5) is 11.6 Å². The van der Waals surface area contributed by atoms with Crippen molar-refractivity contribution in [1.29, 1.82) is 0 Å². The van der Waals surface area contributed by atoms with Gasteiger partial charge in [0.05, 0.1) is 6.04 Å². The standard InChI is InChI=1S/C18H27N7O/c1-14(18-21-15(2)22-26-18)23-8-10-25(11-9-23)17-12-16(19-13-20-17)24-6-4-3-5-7-24/h12-14H,3-11H2,1-2H3.